The fourth-order valence-electron chi connectivity index (χ4n) is 1.63. The van der Waals surface area contributed by atoms with Gasteiger partial charge in [0.05, 0.1) is 10.7 Å². The van der Waals surface area contributed by atoms with Gasteiger partial charge in [-0.25, -0.2) is 4.39 Å². The van der Waals surface area contributed by atoms with E-state index in [1.165, 1.54) is 18.2 Å². The maximum Gasteiger partial charge on any atom is 0.246 e. The van der Waals surface area contributed by atoms with E-state index in [9.17, 15) is 9.18 Å². The molecule has 0 aliphatic carbocycles. The van der Waals surface area contributed by atoms with Crippen LogP contribution in [0.4, 0.5) is 10.1 Å². The van der Waals surface area contributed by atoms with E-state index in [2.05, 4.69) is 5.32 Å². The first kappa shape index (κ1) is 13.5. The van der Waals surface area contributed by atoms with Gasteiger partial charge in [-0.3, -0.25) is 4.79 Å². The molecule has 19 heavy (non-hydrogen) atoms. The summed E-state index contributed by atoms with van der Waals surface area (Å²) in [5, 5.41) is 2.54. The number of carbonyl (C=O) groups is 1. The summed E-state index contributed by atoms with van der Waals surface area (Å²) in [6, 6.07) is 12.1. The maximum atomic E-state index is 13.5. The lowest BCUT2D eigenvalue weighted by atomic mass is 10.1. The van der Waals surface area contributed by atoms with Crippen LogP contribution >= 0.6 is 11.6 Å². The molecule has 98 valence electrons. The molecule has 3 N–H and O–H groups in total. The summed E-state index contributed by atoms with van der Waals surface area (Å²) in [5.41, 5.74) is 6.40. The molecular weight excluding hydrogens is 267 g/mol. The van der Waals surface area contributed by atoms with Crippen molar-refractivity contribution in [2.75, 3.05) is 5.32 Å². The number of halogens is 2. The van der Waals surface area contributed by atoms with E-state index in [1.807, 2.05) is 6.07 Å². The minimum atomic E-state index is -0.878. The molecule has 0 aliphatic rings. The second-order valence-electron chi connectivity index (χ2n) is 3.97. The molecular formula is C14H12ClFN2O. The van der Waals surface area contributed by atoms with Gasteiger partial charge in [-0.15, -0.1) is 0 Å². The Morgan fingerprint density at radius 1 is 1.16 bits per heavy atom. The van der Waals surface area contributed by atoms with Crippen LogP contribution in [0, 0.1) is 5.82 Å². The van der Waals surface area contributed by atoms with Gasteiger partial charge in [-0.2, -0.15) is 0 Å². The van der Waals surface area contributed by atoms with Crippen molar-refractivity contribution in [1.82, 2.24) is 0 Å². The Hall–Kier alpha value is -1.91. The molecule has 0 saturated carbocycles. The first-order valence-electron chi connectivity index (χ1n) is 5.65. The van der Waals surface area contributed by atoms with E-state index in [0.29, 0.717) is 5.56 Å². The van der Waals surface area contributed by atoms with Crippen molar-refractivity contribution in [2.24, 2.45) is 5.73 Å². The highest BCUT2D eigenvalue weighted by atomic mass is 35.5. The third-order valence-corrected chi connectivity index (χ3v) is 2.97. The van der Waals surface area contributed by atoms with Crippen molar-refractivity contribution in [3.8, 4) is 0 Å². The molecule has 2 rings (SSSR count). The summed E-state index contributed by atoms with van der Waals surface area (Å²) in [4.78, 5) is 12.0. The fraction of sp³-hybridized carbons (Fsp3) is 0.0714. The van der Waals surface area contributed by atoms with Crippen molar-refractivity contribution >= 4 is 23.2 Å². The standard InChI is InChI=1S/C14H12ClFN2O/c15-10-7-4-8-11(16)13(10)18-14(19)12(17)9-5-2-1-3-6-9/h1-8,12H,17H2,(H,18,19)/t12-/m1/s1. The number of para-hydroxylation sites is 1. The first-order valence-corrected chi connectivity index (χ1v) is 6.03. The zero-order valence-electron chi connectivity index (χ0n) is 9.94. The number of nitrogens with two attached hydrogens (primary N) is 1. The second kappa shape index (κ2) is 5.82. The van der Waals surface area contributed by atoms with Gasteiger partial charge < -0.3 is 11.1 Å². The summed E-state index contributed by atoms with van der Waals surface area (Å²) < 4.78 is 13.5. The van der Waals surface area contributed by atoms with Crippen LogP contribution in [0.15, 0.2) is 48.5 Å². The normalized spacial score (nSPS) is 11.9. The maximum absolute atomic E-state index is 13.5. The van der Waals surface area contributed by atoms with Crippen molar-refractivity contribution in [3.63, 3.8) is 0 Å². The lowest BCUT2D eigenvalue weighted by Gasteiger charge is -2.13. The van der Waals surface area contributed by atoms with Gasteiger partial charge in [0.15, 0.2) is 0 Å². The Balaban J connectivity index is 2.18. The number of anilines is 1. The van der Waals surface area contributed by atoms with E-state index in [0.717, 1.165) is 0 Å². The molecule has 2 aromatic rings. The Morgan fingerprint density at radius 3 is 2.47 bits per heavy atom. The Morgan fingerprint density at radius 2 is 1.84 bits per heavy atom. The third kappa shape index (κ3) is 3.10. The Bertz CT molecular complexity index is 569. The van der Waals surface area contributed by atoms with Crippen molar-refractivity contribution in [3.05, 3.63) is 64.9 Å². The lowest BCUT2D eigenvalue weighted by Crippen LogP contribution is -2.28. The average Bonchev–Trinajstić information content (AvgIpc) is 2.43. The van der Waals surface area contributed by atoms with E-state index in [1.54, 1.807) is 24.3 Å². The zero-order chi connectivity index (χ0) is 13.8. The molecule has 0 saturated heterocycles. The molecule has 1 atom stereocenters. The zero-order valence-corrected chi connectivity index (χ0v) is 10.7. The quantitative estimate of drug-likeness (QED) is 0.906. The van der Waals surface area contributed by atoms with Crippen LogP contribution < -0.4 is 11.1 Å². The van der Waals surface area contributed by atoms with E-state index in [4.69, 9.17) is 17.3 Å². The van der Waals surface area contributed by atoms with Crippen molar-refractivity contribution in [2.45, 2.75) is 6.04 Å². The highest BCUT2D eigenvalue weighted by molar-refractivity contribution is 6.33. The molecule has 2 aromatic carbocycles. The molecule has 5 heteroatoms. The predicted molar refractivity (Wildman–Crippen MR) is 73.4 cm³/mol. The Kier molecular flexibility index (Phi) is 4.14. The van der Waals surface area contributed by atoms with Gasteiger partial charge in [0.25, 0.3) is 0 Å². The average molecular weight is 279 g/mol. The van der Waals surface area contributed by atoms with E-state index in [-0.39, 0.29) is 10.7 Å². The number of rotatable bonds is 3. The lowest BCUT2D eigenvalue weighted by molar-refractivity contribution is -0.117. The number of amides is 1. The first-order chi connectivity index (χ1) is 9.09. The van der Waals surface area contributed by atoms with Crippen LogP contribution in [0.25, 0.3) is 0 Å². The number of hydrogen-bond donors (Lipinski definition) is 2. The van der Waals surface area contributed by atoms with Crippen LogP contribution in [-0.4, -0.2) is 5.91 Å². The molecule has 0 unspecified atom stereocenters. The molecule has 0 heterocycles. The van der Waals surface area contributed by atoms with Crippen LogP contribution in [-0.2, 0) is 4.79 Å². The second-order valence-corrected chi connectivity index (χ2v) is 4.38. The molecule has 1 amide bonds. The Labute approximate surface area is 115 Å². The van der Waals surface area contributed by atoms with Crippen LogP contribution in [0.2, 0.25) is 5.02 Å². The minimum absolute atomic E-state index is 0.0550. The topological polar surface area (TPSA) is 55.1 Å². The molecule has 0 radical (unpaired) electrons. The molecule has 0 spiro atoms. The SMILES string of the molecule is N[C@@H](C(=O)Nc1c(F)cccc1Cl)c1ccccc1. The van der Waals surface area contributed by atoms with Gasteiger partial charge in [-0.05, 0) is 17.7 Å². The summed E-state index contributed by atoms with van der Waals surface area (Å²) in [5.74, 6) is -1.11. The summed E-state index contributed by atoms with van der Waals surface area (Å²) in [6.45, 7) is 0. The van der Waals surface area contributed by atoms with E-state index < -0.39 is 17.8 Å². The highest BCUT2D eigenvalue weighted by Crippen LogP contribution is 2.25. The predicted octanol–water partition coefficient (Wildman–Crippen LogP) is 3.12. The molecule has 3 nitrogen and oxygen atoms in total. The fourth-order valence-corrected chi connectivity index (χ4v) is 1.84. The summed E-state index contributed by atoms with van der Waals surface area (Å²) in [7, 11) is 0. The van der Waals surface area contributed by atoms with Crippen LogP contribution in [0.3, 0.4) is 0 Å². The number of nitrogens with one attached hydrogen (secondary N) is 1. The third-order valence-electron chi connectivity index (χ3n) is 2.65. The van der Waals surface area contributed by atoms with E-state index >= 15 is 0 Å². The monoisotopic (exact) mass is 278 g/mol. The number of hydrogen-bond acceptors (Lipinski definition) is 2. The van der Waals surface area contributed by atoms with Crippen LogP contribution in [0.1, 0.15) is 11.6 Å². The smallest absolute Gasteiger partial charge is 0.246 e. The van der Waals surface area contributed by atoms with Gasteiger partial charge >= 0.3 is 0 Å². The van der Waals surface area contributed by atoms with Crippen molar-refractivity contribution < 1.29 is 9.18 Å². The minimum Gasteiger partial charge on any atom is -0.321 e. The molecule has 0 bridgehead atoms. The van der Waals surface area contributed by atoms with Crippen molar-refractivity contribution in [1.29, 1.82) is 0 Å². The molecule has 0 aromatic heterocycles. The van der Waals surface area contributed by atoms with Gasteiger partial charge in [-0.1, -0.05) is 48.0 Å². The largest absolute Gasteiger partial charge is 0.321 e. The van der Waals surface area contributed by atoms with Gasteiger partial charge in [0.2, 0.25) is 5.91 Å². The van der Waals surface area contributed by atoms with Gasteiger partial charge in [0.1, 0.15) is 11.9 Å². The highest BCUT2D eigenvalue weighted by Gasteiger charge is 2.18. The summed E-state index contributed by atoms with van der Waals surface area (Å²) in [6.07, 6.45) is 0. The summed E-state index contributed by atoms with van der Waals surface area (Å²) >= 11 is 5.83. The van der Waals surface area contributed by atoms with Gasteiger partial charge in [0, 0.05) is 0 Å². The van der Waals surface area contributed by atoms with Crippen LogP contribution in [0.5, 0.6) is 0 Å². The number of benzene rings is 2. The molecule has 0 aliphatic heterocycles. The molecule has 0 fully saturated rings. The number of carbonyl (C=O) groups excluding carboxylic acids is 1.